The molecule has 2 heterocycles. The van der Waals surface area contributed by atoms with E-state index in [1.165, 1.54) is 26.2 Å². The van der Waals surface area contributed by atoms with Crippen LogP contribution in [0.4, 0.5) is 10.8 Å². The molecule has 22 heavy (non-hydrogen) atoms. The summed E-state index contributed by atoms with van der Waals surface area (Å²) < 4.78 is 0. The molecule has 1 aliphatic rings. The van der Waals surface area contributed by atoms with E-state index in [1.54, 1.807) is 23.5 Å². The number of benzene rings is 1. The van der Waals surface area contributed by atoms with E-state index in [4.69, 9.17) is 4.98 Å². The first kappa shape index (κ1) is 14.8. The zero-order valence-corrected chi connectivity index (χ0v) is 13.3. The minimum atomic E-state index is -0.209. The van der Waals surface area contributed by atoms with Crippen molar-refractivity contribution in [1.29, 1.82) is 0 Å². The molecule has 0 atom stereocenters. The van der Waals surface area contributed by atoms with Gasteiger partial charge >= 0.3 is 0 Å². The second-order valence-electron chi connectivity index (χ2n) is 5.48. The predicted octanol–water partition coefficient (Wildman–Crippen LogP) is 3.46. The molecule has 5 nitrogen and oxygen atoms in total. The zero-order chi connectivity index (χ0) is 15.5. The molecule has 0 unspecified atom stereocenters. The molecule has 1 saturated heterocycles. The lowest BCUT2D eigenvalue weighted by Crippen LogP contribution is -2.29. The summed E-state index contributed by atoms with van der Waals surface area (Å²) in [7, 11) is 0. The maximum Gasteiger partial charge on any atom is 0.221 e. The Morgan fingerprint density at radius 2 is 2.09 bits per heavy atom. The summed E-state index contributed by atoms with van der Waals surface area (Å²) in [5, 5.41) is 15.5. The van der Waals surface area contributed by atoms with Crippen LogP contribution in [0.15, 0.2) is 23.6 Å². The second-order valence-corrected chi connectivity index (χ2v) is 6.31. The highest BCUT2D eigenvalue weighted by molar-refractivity contribution is 7.14. The Morgan fingerprint density at radius 1 is 1.32 bits per heavy atom. The van der Waals surface area contributed by atoms with Gasteiger partial charge in [0.2, 0.25) is 5.91 Å². The van der Waals surface area contributed by atoms with Crippen LogP contribution in [0.3, 0.4) is 0 Å². The van der Waals surface area contributed by atoms with Crippen LogP contribution in [0, 0.1) is 0 Å². The number of phenolic OH excluding ortho intramolecular Hbond substituents is 1. The topological polar surface area (TPSA) is 65.5 Å². The van der Waals surface area contributed by atoms with E-state index in [2.05, 4.69) is 10.2 Å². The maximum atomic E-state index is 11.2. The number of rotatable bonds is 3. The Hall–Kier alpha value is -2.08. The van der Waals surface area contributed by atoms with E-state index < -0.39 is 0 Å². The molecule has 1 amide bonds. The van der Waals surface area contributed by atoms with Crippen molar-refractivity contribution >= 4 is 28.1 Å². The van der Waals surface area contributed by atoms with Crippen LogP contribution in [-0.2, 0) is 4.79 Å². The average Bonchev–Trinajstić information content (AvgIpc) is 3.00. The second kappa shape index (κ2) is 6.36. The molecule has 6 heteroatoms. The van der Waals surface area contributed by atoms with Crippen LogP contribution < -0.4 is 10.2 Å². The van der Waals surface area contributed by atoms with Gasteiger partial charge in [-0.05, 0) is 37.5 Å². The van der Waals surface area contributed by atoms with Crippen LogP contribution in [0.25, 0.3) is 11.3 Å². The third-order valence-corrected chi connectivity index (χ3v) is 4.62. The van der Waals surface area contributed by atoms with E-state index in [0.717, 1.165) is 29.5 Å². The van der Waals surface area contributed by atoms with Gasteiger partial charge in [-0.15, -0.1) is 11.3 Å². The van der Waals surface area contributed by atoms with Crippen molar-refractivity contribution in [3.8, 4) is 17.0 Å². The lowest BCUT2D eigenvalue weighted by atomic mass is 10.1. The van der Waals surface area contributed by atoms with E-state index in [0.29, 0.717) is 5.69 Å². The Morgan fingerprint density at radius 3 is 2.82 bits per heavy atom. The van der Waals surface area contributed by atoms with E-state index in [9.17, 15) is 9.90 Å². The number of nitrogens with zero attached hydrogens (tertiary/aromatic N) is 2. The number of anilines is 2. The van der Waals surface area contributed by atoms with Crippen molar-refractivity contribution in [1.82, 2.24) is 4.98 Å². The Bertz CT molecular complexity index is 678. The summed E-state index contributed by atoms with van der Waals surface area (Å²) in [5.41, 5.74) is 2.18. The van der Waals surface area contributed by atoms with Crippen LogP contribution in [0.1, 0.15) is 26.2 Å². The fourth-order valence-corrected chi connectivity index (χ4v) is 3.50. The largest absolute Gasteiger partial charge is 0.506 e. The quantitative estimate of drug-likeness (QED) is 0.851. The normalized spacial score (nSPS) is 14.9. The third kappa shape index (κ3) is 3.22. The molecule has 1 fully saturated rings. The number of amides is 1. The highest BCUT2D eigenvalue weighted by atomic mass is 32.1. The number of aromatic nitrogens is 1. The van der Waals surface area contributed by atoms with Gasteiger partial charge in [0.25, 0.3) is 0 Å². The number of aromatic hydroxyl groups is 1. The number of carbonyl (C=O) groups is 1. The first-order chi connectivity index (χ1) is 10.6. The first-order valence-electron chi connectivity index (χ1n) is 7.45. The minimum Gasteiger partial charge on any atom is -0.506 e. The molecule has 0 saturated carbocycles. The summed E-state index contributed by atoms with van der Waals surface area (Å²) in [4.78, 5) is 18.2. The van der Waals surface area contributed by atoms with Gasteiger partial charge in [-0.25, -0.2) is 4.98 Å². The Labute approximate surface area is 133 Å². The number of phenols is 1. The summed E-state index contributed by atoms with van der Waals surface area (Å²) >= 11 is 1.64. The molecule has 116 valence electrons. The summed E-state index contributed by atoms with van der Waals surface area (Å²) in [5.74, 6) is -0.148. The average molecular weight is 317 g/mol. The van der Waals surface area contributed by atoms with Crippen LogP contribution >= 0.6 is 11.3 Å². The number of thiazole rings is 1. The van der Waals surface area contributed by atoms with E-state index >= 15 is 0 Å². The molecule has 2 aromatic rings. The third-order valence-electron chi connectivity index (χ3n) is 3.72. The zero-order valence-electron chi connectivity index (χ0n) is 12.5. The van der Waals surface area contributed by atoms with Crippen LogP contribution in [0.2, 0.25) is 0 Å². The maximum absolute atomic E-state index is 11.2. The van der Waals surface area contributed by atoms with Crippen LogP contribution in [-0.4, -0.2) is 29.1 Å². The van der Waals surface area contributed by atoms with Gasteiger partial charge in [0.15, 0.2) is 5.13 Å². The first-order valence-corrected chi connectivity index (χ1v) is 8.33. The van der Waals surface area contributed by atoms with Crippen LogP contribution in [0.5, 0.6) is 5.75 Å². The highest BCUT2D eigenvalue weighted by Gasteiger charge is 2.15. The highest BCUT2D eigenvalue weighted by Crippen LogP contribution is 2.33. The van der Waals surface area contributed by atoms with Crippen molar-refractivity contribution in [2.75, 3.05) is 23.3 Å². The molecule has 1 aromatic heterocycles. The fraction of sp³-hybridized carbons (Fsp3) is 0.375. The van der Waals surface area contributed by atoms with Gasteiger partial charge in [0, 0.05) is 31.0 Å². The van der Waals surface area contributed by atoms with Gasteiger partial charge in [-0.1, -0.05) is 0 Å². The van der Waals surface area contributed by atoms with E-state index in [-0.39, 0.29) is 11.7 Å². The Balaban J connectivity index is 1.84. The van der Waals surface area contributed by atoms with Gasteiger partial charge in [0.1, 0.15) is 5.75 Å². The summed E-state index contributed by atoms with van der Waals surface area (Å²) in [6.45, 7) is 3.56. The molecule has 3 rings (SSSR count). The number of carbonyl (C=O) groups excluding carboxylic acids is 1. The summed E-state index contributed by atoms with van der Waals surface area (Å²) in [6.07, 6.45) is 3.74. The predicted molar refractivity (Wildman–Crippen MR) is 89.6 cm³/mol. The number of hydrogen-bond acceptors (Lipinski definition) is 5. The van der Waals surface area contributed by atoms with Crippen molar-refractivity contribution in [2.24, 2.45) is 0 Å². The Kier molecular flexibility index (Phi) is 4.29. The molecule has 0 aliphatic carbocycles. The molecule has 1 aliphatic heterocycles. The fourth-order valence-electron chi connectivity index (χ4n) is 2.61. The standard InChI is InChI=1S/C16H19N3O2S/c1-11(20)17-13-9-12(5-6-15(13)21)14-10-22-16(18-14)19-7-3-2-4-8-19/h5-6,9-10,21H,2-4,7-8H2,1H3,(H,17,20). The van der Waals surface area contributed by atoms with Crippen molar-refractivity contribution < 1.29 is 9.90 Å². The van der Waals surface area contributed by atoms with Gasteiger partial charge in [0.05, 0.1) is 11.4 Å². The molecule has 0 radical (unpaired) electrons. The number of piperidine rings is 1. The van der Waals surface area contributed by atoms with Gasteiger partial charge in [-0.2, -0.15) is 0 Å². The van der Waals surface area contributed by atoms with Gasteiger partial charge < -0.3 is 15.3 Å². The molecule has 0 bridgehead atoms. The van der Waals surface area contributed by atoms with Crippen molar-refractivity contribution in [3.05, 3.63) is 23.6 Å². The molecule has 0 spiro atoms. The van der Waals surface area contributed by atoms with Crippen molar-refractivity contribution in [3.63, 3.8) is 0 Å². The SMILES string of the molecule is CC(=O)Nc1cc(-c2csc(N3CCCCC3)n2)ccc1O. The molecular formula is C16H19N3O2S. The van der Waals surface area contributed by atoms with Crippen molar-refractivity contribution in [2.45, 2.75) is 26.2 Å². The smallest absolute Gasteiger partial charge is 0.221 e. The number of nitrogens with one attached hydrogen (secondary N) is 1. The lowest BCUT2D eigenvalue weighted by molar-refractivity contribution is -0.114. The molecule has 1 aromatic carbocycles. The lowest BCUT2D eigenvalue weighted by Gasteiger charge is -2.25. The minimum absolute atomic E-state index is 0.0606. The van der Waals surface area contributed by atoms with Gasteiger partial charge in [-0.3, -0.25) is 4.79 Å². The molecular weight excluding hydrogens is 298 g/mol. The number of hydrogen-bond donors (Lipinski definition) is 2. The summed E-state index contributed by atoms with van der Waals surface area (Å²) in [6, 6.07) is 5.15. The monoisotopic (exact) mass is 317 g/mol. The van der Waals surface area contributed by atoms with E-state index in [1.807, 2.05) is 11.4 Å². The molecule has 2 N–H and O–H groups in total.